The molecule has 0 saturated carbocycles. The summed E-state index contributed by atoms with van der Waals surface area (Å²) in [7, 11) is 0. The van der Waals surface area contributed by atoms with Gasteiger partial charge in [-0.15, -0.1) is 0 Å². The summed E-state index contributed by atoms with van der Waals surface area (Å²) in [5.41, 5.74) is 1.32. The Balaban J connectivity index is 1.22. The van der Waals surface area contributed by atoms with E-state index >= 15 is 0 Å². The van der Waals surface area contributed by atoms with Gasteiger partial charge in [-0.3, -0.25) is 10.00 Å². The number of hydrogen-bond acceptors (Lipinski definition) is 5. The number of rotatable bonds is 8. The van der Waals surface area contributed by atoms with Crippen molar-refractivity contribution in [3.8, 4) is 5.75 Å². The van der Waals surface area contributed by atoms with Gasteiger partial charge in [0.25, 0.3) is 0 Å². The van der Waals surface area contributed by atoms with Crippen LogP contribution in [0.15, 0.2) is 49.3 Å². The lowest BCUT2D eigenvalue weighted by Gasteiger charge is -2.31. The number of aromatic nitrogens is 5. The number of nitrogens with zero attached hydrogens (tertiary/aromatic N) is 5. The molecule has 1 aromatic carbocycles. The fraction of sp³-hybridized carbons (Fsp3) is 0.450. The van der Waals surface area contributed by atoms with E-state index in [0.717, 1.165) is 44.2 Å². The molecule has 0 aliphatic carbocycles. The van der Waals surface area contributed by atoms with Crippen LogP contribution in [0.5, 0.6) is 5.75 Å². The van der Waals surface area contributed by atoms with Crippen LogP contribution in [-0.2, 0) is 13.1 Å². The third-order valence-corrected chi connectivity index (χ3v) is 5.04. The van der Waals surface area contributed by atoms with E-state index < -0.39 is 0 Å². The molecule has 1 atom stereocenters. The van der Waals surface area contributed by atoms with Crippen LogP contribution in [0, 0.1) is 0 Å². The topological polar surface area (TPSA) is 71.9 Å². The Kier molecular flexibility index (Phi) is 5.79. The van der Waals surface area contributed by atoms with Crippen molar-refractivity contribution in [1.29, 1.82) is 0 Å². The molecule has 1 aliphatic rings. The summed E-state index contributed by atoms with van der Waals surface area (Å²) < 4.78 is 7.92. The summed E-state index contributed by atoms with van der Waals surface area (Å²) >= 11 is 0. The van der Waals surface area contributed by atoms with Crippen molar-refractivity contribution in [2.75, 3.05) is 19.7 Å². The van der Waals surface area contributed by atoms with Crippen LogP contribution in [0.4, 0.5) is 0 Å². The van der Waals surface area contributed by atoms with Crippen LogP contribution in [0.25, 0.3) is 0 Å². The minimum absolute atomic E-state index is 0.458. The minimum Gasteiger partial charge on any atom is -0.494 e. The zero-order chi connectivity index (χ0) is 18.3. The van der Waals surface area contributed by atoms with Crippen molar-refractivity contribution in [3.63, 3.8) is 0 Å². The van der Waals surface area contributed by atoms with Gasteiger partial charge < -0.3 is 9.30 Å². The summed E-state index contributed by atoms with van der Waals surface area (Å²) in [6.07, 6.45) is 10.6. The maximum absolute atomic E-state index is 5.85. The number of piperidine rings is 1. The second-order valence-corrected chi connectivity index (χ2v) is 7.09. The van der Waals surface area contributed by atoms with Gasteiger partial charge in [-0.25, -0.2) is 9.97 Å². The van der Waals surface area contributed by atoms with Gasteiger partial charge in [-0.05, 0) is 43.5 Å². The summed E-state index contributed by atoms with van der Waals surface area (Å²) in [5, 5.41) is 7.01. The Morgan fingerprint density at radius 1 is 1.22 bits per heavy atom. The molecule has 27 heavy (non-hydrogen) atoms. The summed E-state index contributed by atoms with van der Waals surface area (Å²) in [5.74, 6) is 2.40. The molecular weight excluding hydrogens is 340 g/mol. The number of imidazole rings is 1. The molecule has 7 nitrogen and oxygen atoms in total. The van der Waals surface area contributed by atoms with Crippen LogP contribution in [-0.4, -0.2) is 49.3 Å². The molecule has 3 aromatic rings. The first-order chi connectivity index (χ1) is 13.4. The summed E-state index contributed by atoms with van der Waals surface area (Å²) in [6, 6.07) is 8.49. The molecule has 1 aliphatic heterocycles. The second-order valence-electron chi connectivity index (χ2n) is 7.09. The fourth-order valence-corrected chi connectivity index (χ4v) is 3.64. The average Bonchev–Trinajstić information content (AvgIpc) is 3.41. The third kappa shape index (κ3) is 4.95. The van der Waals surface area contributed by atoms with Crippen LogP contribution in [0.3, 0.4) is 0 Å². The minimum atomic E-state index is 0.458. The van der Waals surface area contributed by atoms with Crippen LogP contribution < -0.4 is 4.74 Å². The van der Waals surface area contributed by atoms with Crippen LogP contribution in [0.2, 0.25) is 0 Å². The molecule has 4 rings (SSSR count). The smallest absolute Gasteiger partial charge is 0.137 e. The molecule has 0 bridgehead atoms. The highest BCUT2D eigenvalue weighted by molar-refractivity contribution is 5.27. The number of benzene rings is 1. The number of likely N-dealkylation sites (tertiary alicyclic amines) is 1. The first kappa shape index (κ1) is 17.7. The van der Waals surface area contributed by atoms with Crippen molar-refractivity contribution in [3.05, 3.63) is 60.7 Å². The molecule has 1 fully saturated rings. The monoisotopic (exact) mass is 366 g/mol. The lowest BCUT2D eigenvalue weighted by molar-refractivity contribution is 0.196. The molecule has 7 heteroatoms. The number of aromatic amines is 1. The Bertz CT molecular complexity index is 785. The number of aryl methyl sites for hydroxylation is 1. The predicted molar refractivity (Wildman–Crippen MR) is 102 cm³/mol. The van der Waals surface area contributed by atoms with Gasteiger partial charge in [-0.1, -0.05) is 12.1 Å². The Hall–Kier alpha value is -2.67. The van der Waals surface area contributed by atoms with E-state index in [4.69, 9.17) is 4.74 Å². The van der Waals surface area contributed by atoms with Gasteiger partial charge in [0, 0.05) is 37.9 Å². The maximum atomic E-state index is 5.85. The van der Waals surface area contributed by atoms with Crippen LogP contribution >= 0.6 is 0 Å². The highest BCUT2D eigenvalue weighted by atomic mass is 16.5. The van der Waals surface area contributed by atoms with Crippen molar-refractivity contribution in [1.82, 2.24) is 29.6 Å². The predicted octanol–water partition coefficient (Wildman–Crippen LogP) is 2.85. The van der Waals surface area contributed by atoms with E-state index in [1.807, 2.05) is 12.5 Å². The van der Waals surface area contributed by atoms with Gasteiger partial charge in [0.2, 0.25) is 0 Å². The maximum Gasteiger partial charge on any atom is 0.137 e. The summed E-state index contributed by atoms with van der Waals surface area (Å²) in [4.78, 5) is 10.9. The zero-order valence-electron chi connectivity index (χ0n) is 15.5. The standard InChI is InChI=1S/C20H26N6O/c1-3-18(20-22-15-23-24-20)14-26(9-1)13-17-4-6-19(7-5-17)27-12-2-10-25-11-8-21-16-25/h4-8,11,15-16,18H,1-3,9-10,12-14H2,(H,22,23,24)/t18-/m1/s1. The van der Waals surface area contributed by atoms with Crippen molar-refractivity contribution in [2.45, 2.75) is 38.3 Å². The number of H-pyrrole nitrogens is 1. The van der Waals surface area contributed by atoms with E-state index in [9.17, 15) is 0 Å². The number of ether oxygens (including phenoxy) is 1. The van der Waals surface area contributed by atoms with E-state index in [0.29, 0.717) is 12.5 Å². The molecule has 3 heterocycles. The van der Waals surface area contributed by atoms with Crippen molar-refractivity contribution < 1.29 is 4.74 Å². The largest absolute Gasteiger partial charge is 0.494 e. The van der Waals surface area contributed by atoms with Gasteiger partial charge in [0.1, 0.15) is 17.9 Å². The Morgan fingerprint density at radius 3 is 2.93 bits per heavy atom. The molecule has 0 radical (unpaired) electrons. The van der Waals surface area contributed by atoms with Crippen molar-refractivity contribution >= 4 is 0 Å². The molecule has 142 valence electrons. The highest BCUT2D eigenvalue weighted by Gasteiger charge is 2.23. The highest BCUT2D eigenvalue weighted by Crippen LogP contribution is 2.25. The zero-order valence-corrected chi connectivity index (χ0v) is 15.5. The molecule has 1 saturated heterocycles. The average molecular weight is 366 g/mol. The van der Waals surface area contributed by atoms with Crippen LogP contribution in [0.1, 0.15) is 36.6 Å². The van der Waals surface area contributed by atoms with Gasteiger partial charge in [0.05, 0.1) is 12.9 Å². The molecule has 0 amide bonds. The van der Waals surface area contributed by atoms with E-state index in [-0.39, 0.29) is 0 Å². The number of hydrogen-bond donors (Lipinski definition) is 1. The molecule has 0 unspecified atom stereocenters. The fourth-order valence-electron chi connectivity index (χ4n) is 3.64. The third-order valence-electron chi connectivity index (χ3n) is 5.04. The number of nitrogens with one attached hydrogen (secondary N) is 1. The molecular formula is C20H26N6O. The first-order valence-corrected chi connectivity index (χ1v) is 9.62. The molecule has 2 aromatic heterocycles. The molecule has 1 N–H and O–H groups in total. The van der Waals surface area contributed by atoms with Gasteiger partial charge >= 0.3 is 0 Å². The molecule has 0 spiro atoms. The van der Waals surface area contributed by atoms with Gasteiger partial charge in [0.15, 0.2) is 0 Å². The van der Waals surface area contributed by atoms with E-state index in [1.54, 1.807) is 12.5 Å². The van der Waals surface area contributed by atoms with Crippen molar-refractivity contribution in [2.24, 2.45) is 0 Å². The normalized spacial score (nSPS) is 17.9. The Morgan fingerprint density at radius 2 is 2.15 bits per heavy atom. The lowest BCUT2D eigenvalue weighted by Crippen LogP contribution is -2.34. The van der Waals surface area contributed by atoms with Gasteiger partial charge in [-0.2, -0.15) is 5.10 Å². The van der Waals surface area contributed by atoms with E-state index in [1.165, 1.54) is 18.4 Å². The lowest BCUT2D eigenvalue weighted by atomic mass is 9.97. The quantitative estimate of drug-likeness (QED) is 0.621. The van der Waals surface area contributed by atoms with E-state index in [2.05, 4.69) is 53.9 Å². The second kappa shape index (κ2) is 8.81. The Labute approximate surface area is 159 Å². The SMILES string of the molecule is c1cn(CCCOc2ccc(CN3CCC[C@@H](c4ncn[nH]4)C3)cc2)cn1. The first-order valence-electron chi connectivity index (χ1n) is 9.62. The summed E-state index contributed by atoms with van der Waals surface area (Å²) in [6.45, 7) is 4.77.